The smallest absolute Gasteiger partial charge is 0.298 e. The van der Waals surface area contributed by atoms with Crippen LogP contribution in [0, 0.1) is 0 Å². The highest BCUT2D eigenvalue weighted by molar-refractivity contribution is 5.45. The van der Waals surface area contributed by atoms with Crippen LogP contribution in [0.3, 0.4) is 0 Å². The lowest BCUT2D eigenvalue weighted by molar-refractivity contribution is -0.120. The Morgan fingerprint density at radius 1 is 1.25 bits per heavy atom. The summed E-state index contributed by atoms with van der Waals surface area (Å²) in [6, 6.07) is 7.51. The maximum Gasteiger partial charge on any atom is 0.298 e. The van der Waals surface area contributed by atoms with E-state index < -0.39 is 0 Å². The maximum absolute atomic E-state index is 9.97. The number of hydrogen-bond acceptors (Lipinski definition) is 2. The molecule has 64 valence electrons. The fourth-order valence-electron chi connectivity index (χ4n) is 0.987. The van der Waals surface area contributed by atoms with Crippen molar-refractivity contribution in [3.05, 3.63) is 29.8 Å². The summed E-state index contributed by atoms with van der Waals surface area (Å²) >= 11 is 0. The molecule has 0 heterocycles. The van der Waals surface area contributed by atoms with Crippen LogP contribution in [0.2, 0.25) is 0 Å². The highest BCUT2D eigenvalue weighted by Crippen LogP contribution is 2.17. The molecule has 1 rings (SSSR count). The van der Waals surface area contributed by atoms with Crippen LogP contribution >= 0.6 is 0 Å². The molecule has 0 unspecified atom stereocenters. The first-order chi connectivity index (χ1) is 5.74. The number of carbonyl (C=O) groups is 1. The molecular weight excluding hydrogens is 152 g/mol. The monoisotopic (exact) mass is 164 g/mol. The molecule has 0 saturated heterocycles. The molecule has 0 N–H and O–H groups in total. The predicted molar refractivity (Wildman–Crippen MR) is 47.2 cm³/mol. The third-order valence-corrected chi connectivity index (χ3v) is 1.73. The molecule has 1 aromatic carbocycles. The fraction of sp³-hybridized carbons (Fsp3) is 0.300. The van der Waals surface area contributed by atoms with Gasteiger partial charge < -0.3 is 4.74 Å². The van der Waals surface area contributed by atoms with Crippen molar-refractivity contribution in [3.8, 4) is 5.75 Å². The molecule has 0 saturated carbocycles. The van der Waals surface area contributed by atoms with Crippen LogP contribution in [0.4, 0.5) is 0 Å². The lowest BCUT2D eigenvalue weighted by Gasteiger charge is -2.04. The summed E-state index contributed by atoms with van der Waals surface area (Å²) in [5.74, 6) is 1.10. The molecule has 0 spiro atoms. The van der Waals surface area contributed by atoms with E-state index >= 15 is 0 Å². The van der Waals surface area contributed by atoms with E-state index in [1.165, 1.54) is 5.56 Å². The van der Waals surface area contributed by atoms with E-state index in [4.69, 9.17) is 0 Å². The van der Waals surface area contributed by atoms with E-state index in [0.717, 1.165) is 0 Å². The van der Waals surface area contributed by atoms with Gasteiger partial charge in [-0.15, -0.1) is 0 Å². The van der Waals surface area contributed by atoms with Crippen molar-refractivity contribution in [2.24, 2.45) is 0 Å². The molecule has 1 aromatic rings. The summed E-state index contributed by atoms with van der Waals surface area (Å²) in [5.41, 5.74) is 1.24. The second-order valence-corrected chi connectivity index (χ2v) is 2.94. The lowest BCUT2D eigenvalue weighted by atomic mass is 10.0. The topological polar surface area (TPSA) is 26.3 Å². The predicted octanol–water partition coefficient (Wildman–Crippen LogP) is 2.35. The lowest BCUT2D eigenvalue weighted by Crippen LogP contribution is -1.90. The van der Waals surface area contributed by atoms with Crippen LogP contribution in [0.5, 0.6) is 5.75 Å². The molecule has 2 nitrogen and oxygen atoms in total. The van der Waals surface area contributed by atoms with Crippen molar-refractivity contribution < 1.29 is 9.53 Å². The van der Waals surface area contributed by atoms with Crippen molar-refractivity contribution >= 4 is 6.47 Å². The third-order valence-electron chi connectivity index (χ3n) is 1.73. The van der Waals surface area contributed by atoms with Crippen LogP contribution < -0.4 is 4.74 Å². The molecule has 0 aromatic heterocycles. The Kier molecular flexibility index (Phi) is 2.86. The Morgan fingerprint density at radius 3 is 2.25 bits per heavy atom. The van der Waals surface area contributed by atoms with E-state index in [1.807, 2.05) is 12.1 Å². The molecular formula is C10H12O2. The standard InChI is InChI=1S/C10H12O2/c1-8(2)9-3-5-10(6-4-9)12-7-11/h3-8H,1-2H3. The van der Waals surface area contributed by atoms with Crippen LogP contribution in [-0.2, 0) is 4.79 Å². The van der Waals surface area contributed by atoms with Gasteiger partial charge in [-0.05, 0) is 23.6 Å². The summed E-state index contributed by atoms with van der Waals surface area (Å²) in [6.07, 6.45) is 0. The SMILES string of the molecule is CC(C)c1ccc(OC=O)cc1. The molecule has 0 radical (unpaired) electrons. The van der Waals surface area contributed by atoms with Crippen LogP contribution in [0.25, 0.3) is 0 Å². The van der Waals surface area contributed by atoms with Crippen molar-refractivity contribution in [2.45, 2.75) is 19.8 Å². The number of ether oxygens (including phenoxy) is 1. The van der Waals surface area contributed by atoms with Crippen LogP contribution in [-0.4, -0.2) is 6.47 Å². The summed E-state index contributed by atoms with van der Waals surface area (Å²) in [6.45, 7) is 4.68. The molecule has 0 aliphatic rings. The highest BCUT2D eigenvalue weighted by atomic mass is 16.5. The van der Waals surface area contributed by atoms with E-state index in [9.17, 15) is 4.79 Å². The third kappa shape index (κ3) is 2.09. The summed E-state index contributed by atoms with van der Waals surface area (Å²) in [7, 11) is 0. The van der Waals surface area contributed by atoms with Gasteiger partial charge in [0.15, 0.2) is 0 Å². The quantitative estimate of drug-likeness (QED) is 0.641. The Hall–Kier alpha value is -1.31. The minimum atomic E-state index is 0.435. The van der Waals surface area contributed by atoms with Gasteiger partial charge in [0, 0.05) is 0 Å². The highest BCUT2D eigenvalue weighted by Gasteiger charge is 1.98. The average Bonchev–Trinajstić information content (AvgIpc) is 2.06. The van der Waals surface area contributed by atoms with Crippen LogP contribution in [0.15, 0.2) is 24.3 Å². The minimum absolute atomic E-state index is 0.435. The zero-order valence-corrected chi connectivity index (χ0v) is 7.28. The number of hydrogen-bond donors (Lipinski definition) is 0. The fourth-order valence-corrected chi connectivity index (χ4v) is 0.987. The summed E-state index contributed by atoms with van der Waals surface area (Å²) in [4.78, 5) is 9.97. The van der Waals surface area contributed by atoms with Gasteiger partial charge >= 0.3 is 0 Å². The second kappa shape index (κ2) is 3.90. The van der Waals surface area contributed by atoms with Gasteiger partial charge in [-0.2, -0.15) is 0 Å². The van der Waals surface area contributed by atoms with Crippen molar-refractivity contribution in [2.75, 3.05) is 0 Å². The zero-order chi connectivity index (χ0) is 8.97. The van der Waals surface area contributed by atoms with Gasteiger partial charge in [0.2, 0.25) is 0 Å². The van der Waals surface area contributed by atoms with Crippen molar-refractivity contribution in [1.29, 1.82) is 0 Å². The first-order valence-corrected chi connectivity index (χ1v) is 3.94. The molecule has 0 aliphatic carbocycles. The van der Waals surface area contributed by atoms with Crippen molar-refractivity contribution in [1.82, 2.24) is 0 Å². The molecule has 0 fully saturated rings. The molecule has 2 heteroatoms. The van der Waals surface area contributed by atoms with E-state index in [-0.39, 0.29) is 0 Å². The average molecular weight is 164 g/mol. The first-order valence-electron chi connectivity index (χ1n) is 3.94. The molecule has 0 aliphatic heterocycles. The largest absolute Gasteiger partial charge is 0.429 e. The van der Waals surface area contributed by atoms with E-state index in [2.05, 4.69) is 18.6 Å². The van der Waals surface area contributed by atoms with Gasteiger partial charge in [0.1, 0.15) is 5.75 Å². The molecule has 12 heavy (non-hydrogen) atoms. The van der Waals surface area contributed by atoms with Gasteiger partial charge in [0.05, 0.1) is 0 Å². The Bertz CT molecular complexity index is 249. The zero-order valence-electron chi connectivity index (χ0n) is 7.28. The first kappa shape index (κ1) is 8.78. The van der Waals surface area contributed by atoms with E-state index in [1.54, 1.807) is 12.1 Å². The van der Waals surface area contributed by atoms with Gasteiger partial charge in [-0.3, -0.25) is 4.79 Å². The Labute approximate surface area is 72.2 Å². The summed E-state index contributed by atoms with van der Waals surface area (Å²) in [5, 5.41) is 0. The number of carbonyl (C=O) groups excluding carboxylic acids is 1. The molecule has 0 atom stereocenters. The van der Waals surface area contributed by atoms with Gasteiger partial charge in [0.25, 0.3) is 6.47 Å². The summed E-state index contributed by atoms with van der Waals surface area (Å²) < 4.78 is 4.66. The Balaban J connectivity index is 2.78. The number of benzene rings is 1. The second-order valence-electron chi connectivity index (χ2n) is 2.94. The molecule has 0 amide bonds. The van der Waals surface area contributed by atoms with Crippen LogP contribution in [0.1, 0.15) is 25.3 Å². The van der Waals surface area contributed by atoms with E-state index in [0.29, 0.717) is 18.1 Å². The minimum Gasteiger partial charge on any atom is -0.429 e. The molecule has 0 bridgehead atoms. The van der Waals surface area contributed by atoms with Crippen molar-refractivity contribution in [3.63, 3.8) is 0 Å². The van der Waals surface area contributed by atoms with Gasteiger partial charge in [-0.25, -0.2) is 0 Å². The van der Waals surface area contributed by atoms with Gasteiger partial charge in [-0.1, -0.05) is 26.0 Å². The normalized spacial score (nSPS) is 9.92. The number of rotatable bonds is 3. The Morgan fingerprint density at radius 2 is 1.83 bits per heavy atom. The maximum atomic E-state index is 9.97.